The van der Waals surface area contributed by atoms with E-state index >= 15 is 0 Å². The van der Waals surface area contributed by atoms with Gasteiger partial charge in [0.1, 0.15) is 3.57 Å². The number of hydrogen-bond acceptors (Lipinski definition) is 4. The lowest BCUT2D eigenvalue weighted by molar-refractivity contribution is 0.435. The number of nitrogens with two attached hydrogens (primary N) is 1. The lowest BCUT2D eigenvalue weighted by Gasteiger charge is -2.02. The highest BCUT2D eigenvalue weighted by molar-refractivity contribution is 14.1. The van der Waals surface area contributed by atoms with Gasteiger partial charge in [0.2, 0.25) is 0 Å². The molecule has 0 radical (unpaired) electrons. The molecule has 0 aliphatic rings. The van der Waals surface area contributed by atoms with Gasteiger partial charge < -0.3 is 10.3 Å². The number of nitrogens with zero attached hydrogens (tertiary/aromatic N) is 2. The number of anilines is 1. The van der Waals surface area contributed by atoms with Crippen molar-refractivity contribution in [1.29, 1.82) is 0 Å². The van der Waals surface area contributed by atoms with Gasteiger partial charge in [-0.05, 0) is 34.7 Å². The molecule has 2 heterocycles. The maximum atomic E-state index is 5.69. The average Bonchev–Trinajstić information content (AvgIpc) is 2.69. The number of halogens is 1. The largest absolute Gasteiger partial charge is 0.380 e. The minimum Gasteiger partial charge on any atom is -0.380 e. The molecule has 2 aromatic heterocycles. The van der Waals surface area contributed by atoms with Crippen LogP contribution in [0.1, 0.15) is 0 Å². The maximum Gasteiger partial charge on any atom is 0.183 e. The Labute approximate surface area is 111 Å². The molecule has 3 rings (SSSR count). The van der Waals surface area contributed by atoms with Crippen LogP contribution >= 0.6 is 22.6 Å². The van der Waals surface area contributed by atoms with Crippen LogP contribution in [0.2, 0.25) is 0 Å². The zero-order chi connectivity index (χ0) is 11.8. The van der Waals surface area contributed by atoms with Crippen molar-refractivity contribution in [2.24, 2.45) is 0 Å². The molecule has 0 unspecified atom stereocenters. The molecular formula is C12H8IN3O. The van der Waals surface area contributed by atoms with Crippen LogP contribution in [0.25, 0.3) is 22.2 Å². The van der Waals surface area contributed by atoms with E-state index in [2.05, 4.69) is 32.7 Å². The summed E-state index contributed by atoms with van der Waals surface area (Å²) in [6.07, 6.45) is 1.77. The number of pyridine rings is 1. The number of benzene rings is 1. The van der Waals surface area contributed by atoms with Crippen LogP contribution < -0.4 is 5.73 Å². The van der Waals surface area contributed by atoms with Crippen LogP contribution in [-0.4, -0.2) is 10.1 Å². The maximum absolute atomic E-state index is 5.69. The minimum atomic E-state index is 0.418. The molecule has 3 aromatic rings. The molecule has 1 aromatic carbocycles. The van der Waals surface area contributed by atoms with Crippen LogP contribution in [0.15, 0.2) is 41.1 Å². The summed E-state index contributed by atoms with van der Waals surface area (Å²) >= 11 is 2.13. The van der Waals surface area contributed by atoms with Crippen LogP contribution in [-0.2, 0) is 0 Å². The predicted octanol–water partition coefficient (Wildman–Crippen LogP) is 3.08. The number of rotatable bonds is 1. The Morgan fingerprint density at radius 1 is 1.18 bits per heavy atom. The molecule has 0 saturated heterocycles. The Kier molecular flexibility index (Phi) is 2.47. The first-order valence-corrected chi connectivity index (χ1v) is 6.10. The molecule has 0 atom stereocenters. The molecule has 0 spiro atoms. The fraction of sp³-hybridized carbons (Fsp3) is 0. The van der Waals surface area contributed by atoms with Crippen molar-refractivity contribution in [3.63, 3.8) is 0 Å². The number of nitrogen functional groups attached to an aromatic ring is 1. The molecular weight excluding hydrogens is 329 g/mol. The van der Waals surface area contributed by atoms with E-state index < -0.39 is 0 Å². The Morgan fingerprint density at radius 2 is 2.06 bits per heavy atom. The Balaban J connectivity index is 2.34. The molecule has 0 fully saturated rings. The van der Waals surface area contributed by atoms with Crippen molar-refractivity contribution in [2.45, 2.75) is 0 Å². The Bertz CT molecular complexity index is 688. The highest BCUT2D eigenvalue weighted by Crippen LogP contribution is 2.33. The van der Waals surface area contributed by atoms with Crippen LogP contribution in [0, 0.1) is 3.57 Å². The third-order valence-corrected chi connectivity index (χ3v) is 3.59. The van der Waals surface area contributed by atoms with Gasteiger partial charge in [-0.25, -0.2) is 0 Å². The van der Waals surface area contributed by atoms with Crippen molar-refractivity contribution >= 4 is 39.3 Å². The smallest absolute Gasteiger partial charge is 0.183 e. The Hall–Kier alpha value is -1.63. The summed E-state index contributed by atoms with van der Waals surface area (Å²) in [7, 11) is 0. The van der Waals surface area contributed by atoms with E-state index in [0.717, 1.165) is 20.0 Å². The lowest BCUT2D eigenvalue weighted by atomic mass is 10.1. The standard InChI is InChI=1S/C12H8IN3O/c13-10-11(17-16-12(10)14)8-3-1-5-9-7(8)4-2-6-15-9/h1-6H,(H2,14,16). The van der Waals surface area contributed by atoms with E-state index in [0.29, 0.717) is 11.6 Å². The molecule has 0 amide bonds. The third-order valence-electron chi connectivity index (χ3n) is 2.55. The second kappa shape index (κ2) is 3.99. The van der Waals surface area contributed by atoms with Gasteiger partial charge in [-0.1, -0.05) is 23.4 Å². The van der Waals surface area contributed by atoms with Gasteiger partial charge in [-0.2, -0.15) is 0 Å². The van der Waals surface area contributed by atoms with Gasteiger partial charge in [0, 0.05) is 17.1 Å². The lowest BCUT2D eigenvalue weighted by Crippen LogP contribution is -1.87. The predicted molar refractivity (Wildman–Crippen MR) is 74.4 cm³/mol. The third kappa shape index (κ3) is 1.66. The van der Waals surface area contributed by atoms with Gasteiger partial charge in [0.25, 0.3) is 0 Å². The summed E-state index contributed by atoms with van der Waals surface area (Å²) in [6, 6.07) is 9.79. The van der Waals surface area contributed by atoms with Crippen molar-refractivity contribution in [1.82, 2.24) is 10.1 Å². The van der Waals surface area contributed by atoms with Crippen molar-refractivity contribution < 1.29 is 4.52 Å². The van der Waals surface area contributed by atoms with Crippen molar-refractivity contribution in [2.75, 3.05) is 5.73 Å². The minimum absolute atomic E-state index is 0.418. The van der Waals surface area contributed by atoms with E-state index in [-0.39, 0.29) is 0 Å². The first-order valence-electron chi connectivity index (χ1n) is 5.02. The van der Waals surface area contributed by atoms with E-state index in [1.807, 2.05) is 30.3 Å². The second-order valence-electron chi connectivity index (χ2n) is 3.59. The molecule has 0 bridgehead atoms. The molecule has 84 valence electrons. The highest BCUT2D eigenvalue weighted by atomic mass is 127. The Morgan fingerprint density at radius 3 is 2.82 bits per heavy atom. The highest BCUT2D eigenvalue weighted by Gasteiger charge is 2.15. The van der Waals surface area contributed by atoms with Gasteiger partial charge in [0.15, 0.2) is 11.6 Å². The van der Waals surface area contributed by atoms with Crippen molar-refractivity contribution in [3.05, 3.63) is 40.1 Å². The molecule has 17 heavy (non-hydrogen) atoms. The number of fused-ring (bicyclic) bond motifs is 1. The second-order valence-corrected chi connectivity index (χ2v) is 4.67. The van der Waals surface area contributed by atoms with Crippen LogP contribution in [0.3, 0.4) is 0 Å². The zero-order valence-electron chi connectivity index (χ0n) is 8.72. The molecule has 5 heteroatoms. The molecule has 0 aliphatic heterocycles. The SMILES string of the molecule is Nc1noc(-c2cccc3ncccc23)c1I. The average molecular weight is 337 g/mol. The summed E-state index contributed by atoms with van der Waals surface area (Å²) in [5, 5.41) is 4.81. The first-order chi connectivity index (χ1) is 8.27. The molecule has 0 aliphatic carbocycles. The molecule has 4 nitrogen and oxygen atoms in total. The van der Waals surface area contributed by atoms with E-state index in [4.69, 9.17) is 10.3 Å². The van der Waals surface area contributed by atoms with Crippen molar-refractivity contribution in [3.8, 4) is 11.3 Å². The summed E-state index contributed by atoms with van der Waals surface area (Å²) in [6.45, 7) is 0. The van der Waals surface area contributed by atoms with Crippen LogP contribution in [0.5, 0.6) is 0 Å². The van der Waals surface area contributed by atoms with E-state index in [9.17, 15) is 0 Å². The summed E-state index contributed by atoms with van der Waals surface area (Å²) in [4.78, 5) is 4.31. The fourth-order valence-corrected chi connectivity index (χ4v) is 2.25. The van der Waals surface area contributed by atoms with Crippen LogP contribution in [0.4, 0.5) is 5.82 Å². The van der Waals surface area contributed by atoms with Gasteiger partial charge >= 0.3 is 0 Å². The quantitative estimate of drug-likeness (QED) is 0.693. The van der Waals surface area contributed by atoms with Gasteiger partial charge in [0.05, 0.1) is 5.52 Å². The van der Waals surface area contributed by atoms with Gasteiger partial charge in [-0.3, -0.25) is 4.98 Å². The zero-order valence-corrected chi connectivity index (χ0v) is 10.9. The normalized spacial score (nSPS) is 10.9. The monoisotopic (exact) mass is 337 g/mol. The fourth-order valence-electron chi connectivity index (χ4n) is 1.76. The van der Waals surface area contributed by atoms with E-state index in [1.165, 1.54) is 0 Å². The first kappa shape index (κ1) is 10.5. The topological polar surface area (TPSA) is 64.9 Å². The summed E-state index contributed by atoms with van der Waals surface area (Å²) < 4.78 is 6.11. The number of hydrogen-bond donors (Lipinski definition) is 1. The van der Waals surface area contributed by atoms with E-state index in [1.54, 1.807) is 6.20 Å². The molecule has 0 saturated carbocycles. The van der Waals surface area contributed by atoms with Gasteiger partial charge in [-0.15, -0.1) is 0 Å². The summed E-state index contributed by atoms with van der Waals surface area (Å²) in [5.74, 6) is 1.11. The molecule has 2 N–H and O–H groups in total. The number of aromatic nitrogens is 2. The summed E-state index contributed by atoms with van der Waals surface area (Å²) in [5.41, 5.74) is 7.58.